The van der Waals surface area contributed by atoms with Crippen molar-refractivity contribution in [3.8, 4) is 17.3 Å². The van der Waals surface area contributed by atoms with Gasteiger partial charge in [-0.05, 0) is 18.6 Å². The largest absolute Gasteiger partial charge is 0.373 e. The summed E-state index contributed by atoms with van der Waals surface area (Å²) >= 11 is 0. The van der Waals surface area contributed by atoms with Crippen LogP contribution in [0.1, 0.15) is 18.1 Å². The summed E-state index contributed by atoms with van der Waals surface area (Å²) in [4.78, 5) is 8.55. The van der Waals surface area contributed by atoms with Gasteiger partial charge in [0.15, 0.2) is 0 Å². The van der Waals surface area contributed by atoms with E-state index < -0.39 is 0 Å². The van der Waals surface area contributed by atoms with Crippen molar-refractivity contribution in [2.45, 2.75) is 13.3 Å². The zero-order valence-corrected chi connectivity index (χ0v) is 10.4. The highest BCUT2D eigenvalue weighted by Gasteiger charge is 2.10. The fraction of sp³-hybridized carbons (Fsp3) is 0.214. The highest BCUT2D eigenvalue weighted by Crippen LogP contribution is 2.26. The van der Waals surface area contributed by atoms with Gasteiger partial charge in [0.25, 0.3) is 0 Å². The average molecular weight is 238 g/mol. The van der Waals surface area contributed by atoms with Crippen LogP contribution in [-0.2, 0) is 6.42 Å². The highest BCUT2D eigenvalue weighted by molar-refractivity contribution is 5.69. The molecule has 90 valence electrons. The number of aromatic nitrogens is 2. The van der Waals surface area contributed by atoms with Crippen LogP contribution in [0.2, 0.25) is 0 Å². The number of hydrogen-bond acceptors (Lipinski definition) is 4. The van der Waals surface area contributed by atoms with Crippen LogP contribution in [-0.4, -0.2) is 17.0 Å². The lowest BCUT2D eigenvalue weighted by molar-refractivity contribution is 1.05. The third-order valence-corrected chi connectivity index (χ3v) is 2.80. The number of anilines is 1. The van der Waals surface area contributed by atoms with Crippen LogP contribution in [0.4, 0.5) is 5.82 Å². The third-order valence-electron chi connectivity index (χ3n) is 2.80. The molecule has 1 heterocycles. The predicted molar refractivity (Wildman–Crippen MR) is 71.1 cm³/mol. The number of nitriles is 1. The Morgan fingerprint density at radius 3 is 2.83 bits per heavy atom. The van der Waals surface area contributed by atoms with Gasteiger partial charge in [0.05, 0.1) is 17.3 Å². The topological polar surface area (TPSA) is 61.6 Å². The van der Waals surface area contributed by atoms with Gasteiger partial charge in [-0.2, -0.15) is 5.26 Å². The molecule has 1 N–H and O–H groups in total. The lowest BCUT2D eigenvalue weighted by Crippen LogP contribution is -2.02. The smallest absolute Gasteiger partial charge is 0.132 e. The van der Waals surface area contributed by atoms with Crippen LogP contribution >= 0.6 is 0 Å². The minimum absolute atomic E-state index is 0.638. The van der Waals surface area contributed by atoms with Crippen molar-refractivity contribution in [1.29, 1.82) is 5.26 Å². The van der Waals surface area contributed by atoms with E-state index in [0.717, 1.165) is 29.1 Å². The summed E-state index contributed by atoms with van der Waals surface area (Å²) in [5.41, 5.74) is 3.54. The molecule has 0 aliphatic rings. The van der Waals surface area contributed by atoms with Gasteiger partial charge in [-0.3, -0.25) is 0 Å². The minimum atomic E-state index is 0.638. The van der Waals surface area contributed by atoms with Crippen LogP contribution in [0.25, 0.3) is 11.3 Å². The van der Waals surface area contributed by atoms with Crippen molar-refractivity contribution in [3.05, 3.63) is 41.7 Å². The Kier molecular flexibility index (Phi) is 3.54. The van der Waals surface area contributed by atoms with E-state index in [-0.39, 0.29) is 0 Å². The first kappa shape index (κ1) is 12.1. The van der Waals surface area contributed by atoms with Gasteiger partial charge >= 0.3 is 0 Å². The molecule has 0 radical (unpaired) electrons. The molecule has 4 nitrogen and oxygen atoms in total. The number of rotatable bonds is 3. The molecule has 1 aromatic heterocycles. The Hall–Kier alpha value is -2.41. The fourth-order valence-corrected chi connectivity index (χ4v) is 1.95. The molecule has 0 saturated heterocycles. The molecule has 0 saturated carbocycles. The second kappa shape index (κ2) is 5.28. The molecule has 0 unspecified atom stereocenters. The van der Waals surface area contributed by atoms with E-state index in [1.54, 1.807) is 12.4 Å². The second-order valence-corrected chi connectivity index (χ2v) is 3.85. The number of nitrogens with one attached hydrogen (secondary N) is 1. The molecule has 0 spiro atoms. The highest BCUT2D eigenvalue weighted by atomic mass is 15.0. The number of hydrogen-bond donors (Lipinski definition) is 1. The molecule has 2 aromatic rings. The predicted octanol–water partition coefficient (Wildman–Crippen LogP) is 2.62. The van der Waals surface area contributed by atoms with Gasteiger partial charge in [-0.15, -0.1) is 0 Å². The summed E-state index contributed by atoms with van der Waals surface area (Å²) in [6, 6.07) is 9.61. The maximum atomic E-state index is 8.94. The summed E-state index contributed by atoms with van der Waals surface area (Å²) in [6.07, 6.45) is 2.38. The van der Waals surface area contributed by atoms with Crippen molar-refractivity contribution in [2.75, 3.05) is 12.4 Å². The van der Waals surface area contributed by atoms with E-state index >= 15 is 0 Å². The van der Waals surface area contributed by atoms with E-state index in [9.17, 15) is 0 Å². The molecular weight excluding hydrogens is 224 g/mol. The van der Waals surface area contributed by atoms with Crippen LogP contribution < -0.4 is 5.32 Å². The Morgan fingerprint density at radius 2 is 2.17 bits per heavy atom. The first-order chi connectivity index (χ1) is 8.80. The third kappa shape index (κ3) is 2.16. The van der Waals surface area contributed by atoms with Crippen molar-refractivity contribution in [2.24, 2.45) is 0 Å². The monoisotopic (exact) mass is 238 g/mol. The van der Waals surface area contributed by atoms with E-state index in [1.807, 2.05) is 25.2 Å². The van der Waals surface area contributed by atoms with Crippen molar-refractivity contribution < 1.29 is 0 Å². The van der Waals surface area contributed by atoms with Crippen LogP contribution in [0.15, 0.2) is 30.6 Å². The molecular formula is C14H14N4. The normalized spacial score (nSPS) is 9.83. The maximum absolute atomic E-state index is 8.94. The Balaban J connectivity index is 2.60. The summed E-state index contributed by atoms with van der Waals surface area (Å²) in [5, 5.41) is 12.0. The quantitative estimate of drug-likeness (QED) is 0.892. The van der Waals surface area contributed by atoms with Crippen LogP contribution in [0.3, 0.4) is 0 Å². The lowest BCUT2D eigenvalue weighted by Gasteiger charge is -2.11. The van der Waals surface area contributed by atoms with Crippen molar-refractivity contribution in [3.63, 3.8) is 0 Å². The van der Waals surface area contributed by atoms with Gasteiger partial charge in [-0.25, -0.2) is 9.97 Å². The van der Waals surface area contributed by atoms with Crippen LogP contribution in [0.5, 0.6) is 0 Å². The Bertz CT molecular complexity index is 599. The summed E-state index contributed by atoms with van der Waals surface area (Å²) < 4.78 is 0. The van der Waals surface area contributed by atoms with E-state index in [2.05, 4.69) is 28.3 Å². The van der Waals surface area contributed by atoms with E-state index in [4.69, 9.17) is 5.26 Å². The molecule has 2 rings (SSSR count). The summed E-state index contributed by atoms with van der Waals surface area (Å²) in [6.45, 7) is 2.07. The minimum Gasteiger partial charge on any atom is -0.373 e. The van der Waals surface area contributed by atoms with Crippen molar-refractivity contribution in [1.82, 2.24) is 9.97 Å². The molecule has 18 heavy (non-hydrogen) atoms. The second-order valence-electron chi connectivity index (χ2n) is 3.85. The maximum Gasteiger partial charge on any atom is 0.132 e. The molecule has 1 aromatic carbocycles. The van der Waals surface area contributed by atoms with Gasteiger partial charge < -0.3 is 5.32 Å². The van der Waals surface area contributed by atoms with Gasteiger partial charge in [0, 0.05) is 18.2 Å². The zero-order valence-electron chi connectivity index (χ0n) is 10.4. The first-order valence-corrected chi connectivity index (χ1v) is 5.82. The Morgan fingerprint density at radius 1 is 1.33 bits per heavy atom. The average Bonchev–Trinajstić information content (AvgIpc) is 2.46. The molecule has 0 amide bonds. The zero-order chi connectivity index (χ0) is 13.0. The van der Waals surface area contributed by atoms with Gasteiger partial charge in [0.2, 0.25) is 0 Å². The first-order valence-electron chi connectivity index (χ1n) is 5.82. The van der Waals surface area contributed by atoms with E-state index in [1.165, 1.54) is 0 Å². The summed E-state index contributed by atoms with van der Waals surface area (Å²) in [7, 11) is 1.84. The number of nitrogens with zero attached hydrogens (tertiary/aromatic N) is 3. The fourth-order valence-electron chi connectivity index (χ4n) is 1.95. The lowest BCUT2D eigenvalue weighted by atomic mass is 10.0. The standard InChI is InChI=1S/C14H14N4/c1-3-12-13(17-9-18-14(12)16-2)11-6-4-5-10(7-11)8-15/h4-7,9H,3H2,1-2H3,(H,16,17,18). The SMILES string of the molecule is CCc1c(NC)ncnc1-c1cccc(C#N)c1. The van der Waals surface area contributed by atoms with Crippen LogP contribution in [0, 0.1) is 11.3 Å². The Labute approximate surface area is 106 Å². The summed E-state index contributed by atoms with van der Waals surface area (Å²) in [5.74, 6) is 0.838. The molecule has 0 atom stereocenters. The molecule has 0 bridgehead atoms. The number of benzene rings is 1. The molecule has 4 heteroatoms. The van der Waals surface area contributed by atoms with Gasteiger partial charge in [-0.1, -0.05) is 19.1 Å². The molecule has 0 fully saturated rings. The van der Waals surface area contributed by atoms with Gasteiger partial charge in [0.1, 0.15) is 12.1 Å². The molecule has 0 aliphatic heterocycles. The molecule has 0 aliphatic carbocycles. The van der Waals surface area contributed by atoms with Crippen molar-refractivity contribution >= 4 is 5.82 Å². The van der Waals surface area contributed by atoms with E-state index in [0.29, 0.717) is 5.56 Å².